The normalized spacial score (nSPS) is 24.2. The third kappa shape index (κ3) is 5.02. The molecule has 0 aliphatic carbocycles. The summed E-state index contributed by atoms with van der Waals surface area (Å²) in [5.41, 5.74) is 4.71. The molecule has 188 valence electrons. The minimum absolute atomic E-state index is 0.00646. The van der Waals surface area contributed by atoms with Crippen molar-refractivity contribution in [2.45, 2.75) is 45.1 Å². The number of hydrogen-bond donors (Lipinski definition) is 1. The van der Waals surface area contributed by atoms with Crippen LogP contribution >= 0.6 is 11.3 Å². The Morgan fingerprint density at radius 2 is 2.00 bits per heavy atom. The van der Waals surface area contributed by atoms with Crippen LogP contribution in [0, 0.1) is 12.8 Å². The number of para-hydroxylation sites is 1. The van der Waals surface area contributed by atoms with Crippen LogP contribution in [0.1, 0.15) is 39.3 Å². The maximum absolute atomic E-state index is 13.0. The highest BCUT2D eigenvalue weighted by Gasteiger charge is 2.47. The van der Waals surface area contributed by atoms with E-state index >= 15 is 0 Å². The van der Waals surface area contributed by atoms with Gasteiger partial charge in [-0.2, -0.15) is 0 Å². The number of aryl methyl sites for hydroxylation is 1. The monoisotopic (exact) mass is 503 g/mol. The highest BCUT2D eigenvalue weighted by molar-refractivity contribution is 7.11. The number of nitrogens with one attached hydrogen (secondary N) is 1. The number of benzene rings is 2. The van der Waals surface area contributed by atoms with Gasteiger partial charge in [-0.05, 0) is 47.9 Å². The summed E-state index contributed by atoms with van der Waals surface area (Å²) in [5.74, 6) is 1.54. The van der Waals surface area contributed by atoms with Gasteiger partial charge in [-0.1, -0.05) is 30.3 Å². The topological polar surface area (TPSA) is 47.6 Å². The highest BCUT2D eigenvalue weighted by Crippen LogP contribution is 2.36. The van der Waals surface area contributed by atoms with Crippen molar-refractivity contribution in [3.63, 3.8) is 0 Å². The van der Waals surface area contributed by atoms with E-state index < -0.39 is 0 Å². The average molecular weight is 504 g/mol. The van der Waals surface area contributed by atoms with Crippen molar-refractivity contribution >= 4 is 23.1 Å². The lowest BCUT2D eigenvalue weighted by Crippen LogP contribution is -2.65. The predicted octanol–water partition coefficient (Wildman–Crippen LogP) is 5.98. The molecule has 1 amide bonds. The maximum atomic E-state index is 13.0. The van der Waals surface area contributed by atoms with Gasteiger partial charge in [0, 0.05) is 53.5 Å². The van der Waals surface area contributed by atoms with Crippen molar-refractivity contribution in [1.29, 1.82) is 0 Å². The number of amides is 1. The summed E-state index contributed by atoms with van der Waals surface area (Å²) in [7, 11) is 0. The second-order valence-electron chi connectivity index (χ2n) is 10.7. The van der Waals surface area contributed by atoms with Gasteiger partial charge in [-0.25, -0.2) is 4.79 Å². The van der Waals surface area contributed by atoms with E-state index in [-0.39, 0.29) is 12.2 Å². The fourth-order valence-corrected chi connectivity index (χ4v) is 7.19. The van der Waals surface area contributed by atoms with Crippen LogP contribution in [-0.2, 0) is 24.0 Å². The molecule has 1 N–H and O–H groups in total. The van der Waals surface area contributed by atoms with Gasteiger partial charge in [0.1, 0.15) is 12.3 Å². The van der Waals surface area contributed by atoms with Gasteiger partial charge < -0.3 is 14.0 Å². The number of quaternary nitrogens is 1. The molecule has 1 atom stereocenters. The standard InChI is InChI=1S/C30H34N2O3S/c1-21-6-8-26(36-21)19-24-4-2-3-5-27(24)31-30(33)35-29-20-32(15-11-23(29)12-16-32)14-10-22-7-9-28-25(18-22)13-17-34-28/h2-9,18,23,29H,10-17,19-20H2,1H3/p+1. The highest BCUT2D eigenvalue weighted by atomic mass is 32.1. The van der Waals surface area contributed by atoms with Crippen LogP contribution in [0.4, 0.5) is 10.5 Å². The summed E-state index contributed by atoms with van der Waals surface area (Å²) in [6, 6.07) is 19.1. The van der Waals surface area contributed by atoms with E-state index in [0.717, 1.165) is 73.3 Å². The average Bonchev–Trinajstić information content (AvgIpc) is 3.53. The molecule has 0 spiro atoms. The number of rotatable bonds is 7. The van der Waals surface area contributed by atoms with Crippen molar-refractivity contribution in [3.05, 3.63) is 81.0 Å². The fourth-order valence-electron chi connectivity index (χ4n) is 6.27. The summed E-state index contributed by atoms with van der Waals surface area (Å²) in [4.78, 5) is 15.6. The smallest absolute Gasteiger partial charge is 0.412 e. The molecule has 5 heterocycles. The van der Waals surface area contributed by atoms with Crippen molar-refractivity contribution in [1.82, 2.24) is 0 Å². The van der Waals surface area contributed by atoms with Gasteiger partial charge in [0.25, 0.3) is 0 Å². The van der Waals surface area contributed by atoms with Gasteiger partial charge in [0.15, 0.2) is 6.10 Å². The molecule has 7 rings (SSSR count). The minimum atomic E-state index is -0.319. The second kappa shape index (κ2) is 9.91. The molecule has 4 aliphatic heterocycles. The number of thiophene rings is 1. The van der Waals surface area contributed by atoms with E-state index in [2.05, 4.69) is 48.6 Å². The lowest BCUT2D eigenvalue weighted by molar-refractivity contribution is -0.945. The van der Waals surface area contributed by atoms with Crippen LogP contribution in [0.5, 0.6) is 5.75 Å². The Kier molecular flexibility index (Phi) is 6.48. The number of hydrogen-bond acceptors (Lipinski definition) is 4. The lowest BCUT2D eigenvalue weighted by Gasteiger charge is -2.52. The zero-order chi connectivity index (χ0) is 24.5. The first-order valence-electron chi connectivity index (χ1n) is 13.3. The fraction of sp³-hybridized carbons (Fsp3) is 0.433. The third-order valence-electron chi connectivity index (χ3n) is 8.34. The molecule has 3 aromatic rings. The Hall–Kier alpha value is -2.83. The molecule has 2 bridgehead atoms. The first-order valence-corrected chi connectivity index (χ1v) is 14.1. The molecule has 6 heteroatoms. The molecule has 1 unspecified atom stereocenters. The Bertz CT molecular complexity index is 1240. The Morgan fingerprint density at radius 1 is 1.14 bits per heavy atom. The van der Waals surface area contributed by atoms with E-state index in [1.807, 2.05) is 18.2 Å². The van der Waals surface area contributed by atoms with Gasteiger partial charge in [0.05, 0.1) is 26.2 Å². The molecule has 1 aromatic heterocycles. The Balaban J connectivity index is 1.08. The number of carbonyl (C=O) groups excluding carboxylic acids is 1. The van der Waals surface area contributed by atoms with Crippen LogP contribution in [0.3, 0.4) is 0 Å². The maximum Gasteiger partial charge on any atom is 0.412 e. The largest absolute Gasteiger partial charge is 0.493 e. The molecule has 2 aromatic carbocycles. The van der Waals surface area contributed by atoms with E-state index in [1.54, 1.807) is 11.3 Å². The summed E-state index contributed by atoms with van der Waals surface area (Å²) in [5, 5.41) is 3.06. The SMILES string of the molecule is Cc1ccc(Cc2ccccc2NC(=O)OC2C[N+]3(CCc4ccc5c(c4)CCO5)CCC2CC3)s1. The van der Waals surface area contributed by atoms with E-state index in [0.29, 0.717) is 5.92 Å². The predicted molar refractivity (Wildman–Crippen MR) is 144 cm³/mol. The van der Waals surface area contributed by atoms with Crippen molar-refractivity contribution in [2.24, 2.45) is 5.92 Å². The number of carbonyl (C=O) groups is 1. The molecular formula is C30H35N2O3S+. The molecular weight excluding hydrogens is 468 g/mol. The number of fused-ring (bicyclic) bond motifs is 4. The molecule has 4 aliphatic rings. The van der Waals surface area contributed by atoms with Crippen LogP contribution in [0.25, 0.3) is 0 Å². The molecule has 0 saturated carbocycles. The molecule has 0 radical (unpaired) electrons. The summed E-state index contributed by atoms with van der Waals surface area (Å²) in [6.07, 6.45) is 4.86. The van der Waals surface area contributed by atoms with Crippen molar-refractivity contribution in [3.8, 4) is 5.75 Å². The van der Waals surface area contributed by atoms with E-state index in [1.165, 1.54) is 34.0 Å². The molecule has 3 fully saturated rings. The van der Waals surface area contributed by atoms with Gasteiger partial charge in [-0.15, -0.1) is 11.3 Å². The number of ether oxygens (including phenoxy) is 2. The van der Waals surface area contributed by atoms with Gasteiger partial charge in [0.2, 0.25) is 0 Å². The number of nitrogens with zero attached hydrogens (tertiary/aromatic N) is 1. The van der Waals surface area contributed by atoms with Crippen molar-refractivity contribution < 1.29 is 18.8 Å². The number of anilines is 1. The quantitative estimate of drug-likeness (QED) is 0.404. The zero-order valence-corrected chi connectivity index (χ0v) is 21.8. The molecule has 36 heavy (non-hydrogen) atoms. The van der Waals surface area contributed by atoms with E-state index in [4.69, 9.17) is 9.47 Å². The van der Waals surface area contributed by atoms with Crippen molar-refractivity contribution in [2.75, 3.05) is 38.1 Å². The first kappa shape index (κ1) is 23.6. The number of piperidine rings is 3. The lowest BCUT2D eigenvalue weighted by atomic mass is 9.83. The zero-order valence-electron chi connectivity index (χ0n) is 21.0. The minimum Gasteiger partial charge on any atom is -0.493 e. The van der Waals surface area contributed by atoms with Crippen LogP contribution < -0.4 is 10.1 Å². The summed E-state index contributed by atoms with van der Waals surface area (Å²) < 4.78 is 12.8. The van der Waals surface area contributed by atoms with E-state index in [9.17, 15) is 4.79 Å². The Labute approximate surface area is 217 Å². The molecule has 3 saturated heterocycles. The van der Waals surface area contributed by atoms with Gasteiger partial charge in [-0.3, -0.25) is 5.32 Å². The van der Waals surface area contributed by atoms with Crippen LogP contribution in [0.15, 0.2) is 54.6 Å². The summed E-state index contributed by atoms with van der Waals surface area (Å²) >= 11 is 1.80. The van der Waals surface area contributed by atoms with Crippen LogP contribution in [0.2, 0.25) is 0 Å². The van der Waals surface area contributed by atoms with Crippen LogP contribution in [-0.4, -0.2) is 49.5 Å². The summed E-state index contributed by atoms with van der Waals surface area (Å²) in [6.45, 7) is 7.37. The molecule has 5 nitrogen and oxygen atoms in total. The first-order chi connectivity index (χ1) is 17.6. The van der Waals surface area contributed by atoms with Gasteiger partial charge >= 0.3 is 6.09 Å². The Morgan fingerprint density at radius 3 is 2.83 bits per heavy atom. The second-order valence-corrected chi connectivity index (χ2v) is 12.1. The third-order valence-corrected chi connectivity index (χ3v) is 9.34.